The molecule has 25 heavy (non-hydrogen) atoms. The van der Waals surface area contributed by atoms with E-state index in [0.717, 1.165) is 17.0 Å². The van der Waals surface area contributed by atoms with E-state index in [1.807, 2.05) is 60.8 Å². The molecule has 0 atom stereocenters. The number of furan rings is 1. The van der Waals surface area contributed by atoms with Crippen LogP contribution in [0.1, 0.15) is 16.2 Å². The molecule has 4 aromatic rings. The number of hydrogen-bond donors (Lipinski definition) is 1. The number of rotatable bonds is 4. The minimum absolute atomic E-state index is 0.242. The van der Waals surface area contributed by atoms with Crippen molar-refractivity contribution in [3.63, 3.8) is 0 Å². The zero-order chi connectivity index (χ0) is 17.2. The molecule has 6 heteroatoms. The highest BCUT2D eigenvalue weighted by atomic mass is 35.5. The standard InChI is InChI=1S/C19H14ClN3O2/c20-14-6-4-13(5-7-14)17-9-8-15(25-17)11-21-19(24)16-12-23-10-2-1-3-18(23)22-16/h1-10,12H,11H2,(H,21,24). The lowest BCUT2D eigenvalue weighted by Crippen LogP contribution is -2.22. The molecular weight excluding hydrogens is 338 g/mol. The van der Waals surface area contributed by atoms with Crippen LogP contribution in [0.5, 0.6) is 0 Å². The van der Waals surface area contributed by atoms with Gasteiger partial charge in [-0.2, -0.15) is 0 Å². The van der Waals surface area contributed by atoms with Crippen LogP contribution in [0, 0.1) is 0 Å². The molecule has 0 aliphatic rings. The molecule has 0 radical (unpaired) electrons. The molecule has 3 aromatic heterocycles. The fraction of sp³-hybridized carbons (Fsp3) is 0.0526. The van der Waals surface area contributed by atoms with E-state index in [2.05, 4.69) is 10.3 Å². The van der Waals surface area contributed by atoms with Crippen molar-refractivity contribution in [2.45, 2.75) is 6.54 Å². The van der Waals surface area contributed by atoms with Gasteiger partial charge in [0.15, 0.2) is 0 Å². The number of hydrogen-bond acceptors (Lipinski definition) is 3. The first-order valence-electron chi connectivity index (χ1n) is 7.76. The second kappa shape index (κ2) is 6.45. The maximum absolute atomic E-state index is 12.3. The summed E-state index contributed by atoms with van der Waals surface area (Å²) >= 11 is 5.89. The molecule has 1 aromatic carbocycles. The zero-order valence-corrected chi connectivity index (χ0v) is 13.9. The van der Waals surface area contributed by atoms with Gasteiger partial charge in [-0.05, 0) is 48.5 Å². The third kappa shape index (κ3) is 3.27. The van der Waals surface area contributed by atoms with Gasteiger partial charge >= 0.3 is 0 Å². The van der Waals surface area contributed by atoms with Crippen LogP contribution in [0.3, 0.4) is 0 Å². The predicted octanol–water partition coefficient (Wildman–Crippen LogP) is 4.18. The van der Waals surface area contributed by atoms with E-state index in [9.17, 15) is 4.79 Å². The Balaban J connectivity index is 1.44. The zero-order valence-electron chi connectivity index (χ0n) is 13.1. The van der Waals surface area contributed by atoms with E-state index < -0.39 is 0 Å². The van der Waals surface area contributed by atoms with E-state index in [1.54, 1.807) is 10.6 Å². The molecule has 5 nitrogen and oxygen atoms in total. The van der Waals surface area contributed by atoms with E-state index in [4.69, 9.17) is 16.0 Å². The van der Waals surface area contributed by atoms with Crippen LogP contribution in [0.15, 0.2) is 71.4 Å². The van der Waals surface area contributed by atoms with Crippen LogP contribution in [-0.4, -0.2) is 15.3 Å². The number of aromatic nitrogens is 2. The molecule has 0 aliphatic carbocycles. The third-order valence-corrected chi connectivity index (χ3v) is 4.06. The quantitative estimate of drug-likeness (QED) is 0.600. The van der Waals surface area contributed by atoms with Crippen LogP contribution in [0.4, 0.5) is 0 Å². The number of halogens is 1. The smallest absolute Gasteiger partial charge is 0.271 e. The van der Waals surface area contributed by atoms with Crippen molar-refractivity contribution in [1.82, 2.24) is 14.7 Å². The maximum Gasteiger partial charge on any atom is 0.271 e. The summed E-state index contributed by atoms with van der Waals surface area (Å²) in [6.07, 6.45) is 3.55. The minimum Gasteiger partial charge on any atom is -0.459 e. The Hall–Kier alpha value is -3.05. The lowest BCUT2D eigenvalue weighted by atomic mass is 10.2. The highest BCUT2D eigenvalue weighted by Crippen LogP contribution is 2.23. The highest BCUT2D eigenvalue weighted by molar-refractivity contribution is 6.30. The number of pyridine rings is 1. The number of nitrogens with zero attached hydrogens (tertiary/aromatic N) is 2. The molecule has 0 saturated carbocycles. The molecule has 0 unspecified atom stereocenters. The summed E-state index contributed by atoms with van der Waals surface area (Å²) in [6, 6.07) is 16.7. The molecular formula is C19H14ClN3O2. The Labute approximate surface area is 148 Å². The largest absolute Gasteiger partial charge is 0.459 e. The Morgan fingerprint density at radius 3 is 2.76 bits per heavy atom. The molecule has 0 aliphatic heterocycles. The van der Waals surface area contributed by atoms with Gasteiger partial charge in [0, 0.05) is 23.0 Å². The van der Waals surface area contributed by atoms with Gasteiger partial charge in [-0.25, -0.2) is 4.98 Å². The van der Waals surface area contributed by atoms with Crippen LogP contribution >= 0.6 is 11.6 Å². The van der Waals surface area contributed by atoms with Gasteiger partial charge in [0.25, 0.3) is 5.91 Å². The van der Waals surface area contributed by atoms with Crippen molar-refractivity contribution < 1.29 is 9.21 Å². The van der Waals surface area contributed by atoms with E-state index in [1.165, 1.54) is 0 Å². The SMILES string of the molecule is O=C(NCc1ccc(-c2ccc(Cl)cc2)o1)c1cn2ccccc2n1. The van der Waals surface area contributed by atoms with E-state index >= 15 is 0 Å². The van der Waals surface area contributed by atoms with Gasteiger partial charge < -0.3 is 14.1 Å². The Morgan fingerprint density at radius 1 is 1.12 bits per heavy atom. The van der Waals surface area contributed by atoms with Gasteiger partial charge in [0.05, 0.1) is 6.54 Å². The maximum atomic E-state index is 12.3. The highest BCUT2D eigenvalue weighted by Gasteiger charge is 2.11. The number of imidazole rings is 1. The van der Waals surface area contributed by atoms with Gasteiger partial charge in [-0.1, -0.05) is 17.7 Å². The first-order chi connectivity index (χ1) is 12.2. The fourth-order valence-corrected chi connectivity index (χ4v) is 2.67. The number of carbonyl (C=O) groups is 1. The minimum atomic E-state index is -0.242. The summed E-state index contributed by atoms with van der Waals surface area (Å²) in [5.41, 5.74) is 2.04. The average molecular weight is 352 g/mol. The Bertz CT molecular complexity index is 1000. The number of nitrogens with one attached hydrogen (secondary N) is 1. The molecule has 1 amide bonds. The first-order valence-corrected chi connectivity index (χ1v) is 8.13. The monoisotopic (exact) mass is 351 g/mol. The third-order valence-electron chi connectivity index (χ3n) is 3.81. The van der Waals surface area contributed by atoms with Crippen LogP contribution in [-0.2, 0) is 6.54 Å². The summed E-state index contributed by atoms with van der Waals surface area (Å²) in [7, 11) is 0. The summed E-state index contributed by atoms with van der Waals surface area (Å²) in [6.45, 7) is 0.292. The second-order valence-electron chi connectivity index (χ2n) is 5.55. The average Bonchev–Trinajstić information content (AvgIpc) is 3.27. The molecule has 0 bridgehead atoms. The molecule has 0 spiro atoms. The summed E-state index contributed by atoms with van der Waals surface area (Å²) in [4.78, 5) is 16.6. The van der Waals surface area contributed by atoms with Crippen molar-refractivity contribution in [3.05, 3.63) is 83.5 Å². The molecule has 124 valence electrons. The number of benzene rings is 1. The van der Waals surface area contributed by atoms with E-state index in [0.29, 0.717) is 23.0 Å². The predicted molar refractivity (Wildman–Crippen MR) is 95.5 cm³/mol. The number of amides is 1. The van der Waals surface area contributed by atoms with Crippen LogP contribution in [0.25, 0.3) is 17.0 Å². The lowest BCUT2D eigenvalue weighted by Gasteiger charge is -2.01. The van der Waals surface area contributed by atoms with Crippen molar-refractivity contribution >= 4 is 23.2 Å². The van der Waals surface area contributed by atoms with E-state index in [-0.39, 0.29) is 5.91 Å². The lowest BCUT2D eigenvalue weighted by molar-refractivity contribution is 0.0943. The number of fused-ring (bicyclic) bond motifs is 1. The van der Waals surface area contributed by atoms with Crippen LogP contribution in [0.2, 0.25) is 5.02 Å². The Kier molecular flexibility index (Phi) is 3.99. The molecule has 3 heterocycles. The summed E-state index contributed by atoms with van der Waals surface area (Å²) in [5.74, 6) is 1.16. The van der Waals surface area contributed by atoms with Crippen LogP contribution < -0.4 is 5.32 Å². The first kappa shape index (κ1) is 15.5. The summed E-state index contributed by atoms with van der Waals surface area (Å²) < 4.78 is 7.58. The Morgan fingerprint density at radius 2 is 1.96 bits per heavy atom. The van der Waals surface area contributed by atoms with Crippen molar-refractivity contribution in [1.29, 1.82) is 0 Å². The topological polar surface area (TPSA) is 59.5 Å². The van der Waals surface area contributed by atoms with Crippen molar-refractivity contribution in [2.75, 3.05) is 0 Å². The summed E-state index contributed by atoms with van der Waals surface area (Å²) in [5, 5.41) is 3.50. The fourth-order valence-electron chi connectivity index (χ4n) is 2.54. The molecule has 0 fully saturated rings. The van der Waals surface area contributed by atoms with Crippen molar-refractivity contribution in [3.8, 4) is 11.3 Å². The second-order valence-corrected chi connectivity index (χ2v) is 5.98. The van der Waals surface area contributed by atoms with Gasteiger partial charge in [-0.15, -0.1) is 0 Å². The van der Waals surface area contributed by atoms with Gasteiger partial charge in [0.2, 0.25) is 0 Å². The number of carbonyl (C=O) groups excluding carboxylic acids is 1. The molecule has 0 saturated heterocycles. The molecule has 1 N–H and O–H groups in total. The van der Waals surface area contributed by atoms with Gasteiger partial charge in [-0.3, -0.25) is 4.79 Å². The molecule has 4 rings (SSSR count). The van der Waals surface area contributed by atoms with Gasteiger partial charge in [0.1, 0.15) is 22.9 Å². The normalized spacial score (nSPS) is 10.9. The van der Waals surface area contributed by atoms with Crippen molar-refractivity contribution in [2.24, 2.45) is 0 Å².